The minimum atomic E-state index is 0.317. The van der Waals surface area contributed by atoms with Crippen LogP contribution < -0.4 is 10.2 Å². The molecule has 1 unspecified atom stereocenters. The van der Waals surface area contributed by atoms with Crippen molar-refractivity contribution in [2.24, 2.45) is 0 Å². The smallest absolute Gasteiger partial charge is 0.133 e. The highest BCUT2D eigenvalue weighted by molar-refractivity contribution is 5.47. The van der Waals surface area contributed by atoms with Crippen LogP contribution in [0.4, 0.5) is 5.82 Å². The molecule has 1 heterocycles. The number of anilines is 1. The maximum Gasteiger partial charge on any atom is 0.133 e. The van der Waals surface area contributed by atoms with Gasteiger partial charge in [0.15, 0.2) is 0 Å². The van der Waals surface area contributed by atoms with Crippen LogP contribution >= 0.6 is 0 Å². The summed E-state index contributed by atoms with van der Waals surface area (Å²) in [5.74, 6) is 1.07. The minimum Gasteiger partial charge on any atom is -0.359 e. The zero-order valence-corrected chi connectivity index (χ0v) is 13.2. The zero-order valence-electron chi connectivity index (χ0n) is 13.2. The fraction of sp³-hybridized carbons (Fsp3) is 0.389. The van der Waals surface area contributed by atoms with Gasteiger partial charge in [0.1, 0.15) is 5.82 Å². The molecule has 0 aliphatic carbocycles. The summed E-state index contributed by atoms with van der Waals surface area (Å²) in [4.78, 5) is 6.83. The fourth-order valence-corrected chi connectivity index (χ4v) is 2.53. The Labute approximate surface area is 128 Å². The molecule has 3 heteroatoms. The number of hydrogen-bond donors (Lipinski definition) is 1. The first kappa shape index (κ1) is 15.5. The highest BCUT2D eigenvalue weighted by atomic mass is 15.2. The molecule has 0 saturated carbocycles. The van der Waals surface area contributed by atoms with Gasteiger partial charge in [0.05, 0.1) is 0 Å². The Kier molecular flexibility index (Phi) is 5.76. The predicted octanol–water partition coefficient (Wildman–Crippen LogP) is 3.43. The van der Waals surface area contributed by atoms with Crippen LogP contribution in [-0.2, 0) is 6.42 Å². The molecule has 0 bridgehead atoms. The molecule has 2 rings (SSSR count). The van der Waals surface area contributed by atoms with E-state index < -0.39 is 0 Å². The summed E-state index contributed by atoms with van der Waals surface area (Å²) >= 11 is 0. The number of aromatic nitrogens is 1. The third kappa shape index (κ3) is 4.30. The zero-order chi connectivity index (χ0) is 15.1. The molecule has 112 valence electrons. The maximum atomic E-state index is 4.58. The number of hydrogen-bond acceptors (Lipinski definition) is 3. The molecule has 1 N–H and O–H groups in total. The van der Waals surface area contributed by atoms with E-state index in [-0.39, 0.29) is 0 Å². The average molecular weight is 283 g/mol. The Balaban J connectivity index is 2.06. The van der Waals surface area contributed by atoms with Crippen molar-refractivity contribution in [3.05, 3.63) is 59.8 Å². The summed E-state index contributed by atoms with van der Waals surface area (Å²) in [6.07, 6.45) is 2.90. The normalized spacial score (nSPS) is 12.1. The number of pyridine rings is 1. The molecule has 3 nitrogen and oxygen atoms in total. The number of benzene rings is 1. The van der Waals surface area contributed by atoms with Crippen LogP contribution in [0.15, 0.2) is 48.7 Å². The summed E-state index contributed by atoms with van der Waals surface area (Å²) < 4.78 is 0. The van der Waals surface area contributed by atoms with E-state index in [1.165, 1.54) is 11.1 Å². The minimum absolute atomic E-state index is 0.317. The molecule has 2 aromatic rings. The van der Waals surface area contributed by atoms with Gasteiger partial charge in [0.2, 0.25) is 0 Å². The summed E-state index contributed by atoms with van der Waals surface area (Å²) in [7, 11) is 2.12. The lowest BCUT2D eigenvalue weighted by Gasteiger charge is -2.24. The Morgan fingerprint density at radius 2 is 1.90 bits per heavy atom. The van der Waals surface area contributed by atoms with E-state index in [1.54, 1.807) is 0 Å². The molecule has 0 spiro atoms. The highest BCUT2D eigenvalue weighted by Crippen LogP contribution is 2.23. The Hall–Kier alpha value is -1.87. The van der Waals surface area contributed by atoms with Crippen molar-refractivity contribution in [2.75, 3.05) is 25.0 Å². The second-order valence-corrected chi connectivity index (χ2v) is 5.35. The topological polar surface area (TPSA) is 28.2 Å². The van der Waals surface area contributed by atoms with Gasteiger partial charge in [-0.2, -0.15) is 0 Å². The van der Waals surface area contributed by atoms with Crippen molar-refractivity contribution in [2.45, 2.75) is 26.3 Å². The van der Waals surface area contributed by atoms with Crippen molar-refractivity contribution >= 4 is 5.82 Å². The largest absolute Gasteiger partial charge is 0.359 e. The van der Waals surface area contributed by atoms with Crippen molar-refractivity contribution in [3.63, 3.8) is 0 Å². The lowest BCUT2D eigenvalue weighted by Crippen LogP contribution is -2.26. The summed E-state index contributed by atoms with van der Waals surface area (Å²) in [5, 5.41) is 3.46. The summed E-state index contributed by atoms with van der Waals surface area (Å²) in [5.41, 5.74) is 2.62. The van der Waals surface area contributed by atoms with Gasteiger partial charge in [-0.05, 0) is 31.5 Å². The molecule has 21 heavy (non-hydrogen) atoms. The molecule has 0 radical (unpaired) electrons. The van der Waals surface area contributed by atoms with Crippen LogP contribution in [0.2, 0.25) is 0 Å². The first-order valence-corrected chi connectivity index (χ1v) is 7.65. The van der Waals surface area contributed by atoms with Gasteiger partial charge in [-0.15, -0.1) is 0 Å². The third-order valence-electron chi connectivity index (χ3n) is 3.73. The van der Waals surface area contributed by atoms with E-state index in [2.05, 4.69) is 72.5 Å². The molecule has 0 saturated heterocycles. The Morgan fingerprint density at radius 1 is 1.14 bits per heavy atom. The molecule has 1 atom stereocenters. The van der Waals surface area contributed by atoms with Crippen LogP contribution in [0.1, 0.15) is 31.0 Å². The van der Waals surface area contributed by atoms with Crippen LogP contribution in [0, 0.1) is 0 Å². The van der Waals surface area contributed by atoms with Gasteiger partial charge in [-0.25, -0.2) is 4.98 Å². The lowest BCUT2D eigenvalue weighted by molar-refractivity contribution is 0.594. The van der Waals surface area contributed by atoms with E-state index in [4.69, 9.17) is 0 Å². The highest BCUT2D eigenvalue weighted by Gasteiger charge is 2.13. The van der Waals surface area contributed by atoms with Gasteiger partial charge in [0.25, 0.3) is 0 Å². The number of nitrogens with one attached hydrogen (secondary N) is 1. The molecular formula is C18H25N3. The maximum absolute atomic E-state index is 4.58. The van der Waals surface area contributed by atoms with Gasteiger partial charge in [-0.1, -0.05) is 43.3 Å². The van der Waals surface area contributed by atoms with E-state index in [0.29, 0.717) is 6.04 Å². The Bertz CT molecular complexity index is 539. The molecular weight excluding hydrogens is 258 g/mol. The molecule has 0 amide bonds. The lowest BCUT2D eigenvalue weighted by atomic mass is 10.1. The predicted molar refractivity (Wildman–Crippen MR) is 89.7 cm³/mol. The number of nitrogens with zero attached hydrogens (tertiary/aromatic N) is 2. The number of rotatable bonds is 7. The summed E-state index contributed by atoms with van der Waals surface area (Å²) in [6, 6.07) is 15.1. The average Bonchev–Trinajstić information content (AvgIpc) is 2.54. The van der Waals surface area contributed by atoms with Crippen molar-refractivity contribution < 1.29 is 0 Å². The number of likely N-dealkylation sites (N-methyl/N-ethyl adjacent to an activating group) is 1. The molecule has 1 aromatic carbocycles. The molecule has 0 fully saturated rings. The van der Waals surface area contributed by atoms with E-state index in [0.717, 1.165) is 25.3 Å². The quantitative estimate of drug-likeness (QED) is 0.844. The van der Waals surface area contributed by atoms with Crippen molar-refractivity contribution in [1.82, 2.24) is 10.3 Å². The van der Waals surface area contributed by atoms with Gasteiger partial charge in [0, 0.05) is 31.4 Å². The monoisotopic (exact) mass is 283 g/mol. The van der Waals surface area contributed by atoms with Crippen LogP contribution in [0.5, 0.6) is 0 Å². The van der Waals surface area contributed by atoms with Crippen molar-refractivity contribution in [1.29, 1.82) is 0 Å². The first-order chi connectivity index (χ1) is 10.2. The van der Waals surface area contributed by atoms with E-state index in [1.807, 2.05) is 12.3 Å². The van der Waals surface area contributed by atoms with Crippen LogP contribution in [0.25, 0.3) is 0 Å². The fourth-order valence-electron chi connectivity index (χ4n) is 2.53. The third-order valence-corrected chi connectivity index (χ3v) is 3.73. The van der Waals surface area contributed by atoms with Gasteiger partial charge in [-0.3, -0.25) is 0 Å². The standard InChI is InChI=1S/C18H25N3/c1-4-19-15(2)17-11-8-13-20-18(17)21(3)14-12-16-9-6-5-7-10-16/h5-11,13,15,19H,4,12,14H2,1-3H3. The molecule has 0 aliphatic rings. The Morgan fingerprint density at radius 3 is 2.62 bits per heavy atom. The van der Waals surface area contributed by atoms with Gasteiger partial charge < -0.3 is 10.2 Å². The van der Waals surface area contributed by atoms with E-state index in [9.17, 15) is 0 Å². The first-order valence-electron chi connectivity index (χ1n) is 7.65. The van der Waals surface area contributed by atoms with E-state index >= 15 is 0 Å². The van der Waals surface area contributed by atoms with Gasteiger partial charge >= 0.3 is 0 Å². The SMILES string of the molecule is CCNC(C)c1cccnc1N(C)CCc1ccccc1. The summed E-state index contributed by atoms with van der Waals surface area (Å²) in [6.45, 7) is 6.25. The van der Waals surface area contributed by atoms with Crippen LogP contribution in [0.3, 0.4) is 0 Å². The van der Waals surface area contributed by atoms with Crippen molar-refractivity contribution in [3.8, 4) is 0 Å². The molecule has 0 aliphatic heterocycles. The van der Waals surface area contributed by atoms with Crippen LogP contribution in [-0.4, -0.2) is 25.1 Å². The second kappa shape index (κ2) is 7.79. The molecule has 1 aromatic heterocycles. The second-order valence-electron chi connectivity index (χ2n) is 5.35.